The highest BCUT2D eigenvalue weighted by atomic mass is 16.5. The summed E-state index contributed by atoms with van der Waals surface area (Å²) in [6, 6.07) is 11.1. The maximum Gasteiger partial charge on any atom is 0.253 e. The van der Waals surface area contributed by atoms with E-state index >= 15 is 0 Å². The van der Waals surface area contributed by atoms with Crippen LogP contribution in [0.15, 0.2) is 45.6 Å². The largest absolute Gasteiger partial charge is 0.495 e. The average molecular weight is 464 g/mol. The Morgan fingerprint density at radius 3 is 2.65 bits per heavy atom. The molecule has 34 heavy (non-hydrogen) atoms. The molecule has 0 unspecified atom stereocenters. The number of carbonyl (C=O) groups excluding carboxylic acids is 1. The minimum Gasteiger partial charge on any atom is -0.495 e. The van der Waals surface area contributed by atoms with Gasteiger partial charge >= 0.3 is 0 Å². The molecule has 178 valence electrons. The van der Waals surface area contributed by atoms with Crippen LogP contribution in [0.5, 0.6) is 5.75 Å². The number of carbonyl (C=O) groups is 1. The van der Waals surface area contributed by atoms with Crippen molar-refractivity contribution in [1.29, 1.82) is 0 Å². The van der Waals surface area contributed by atoms with E-state index in [1.54, 1.807) is 27.3 Å². The van der Waals surface area contributed by atoms with E-state index in [0.717, 1.165) is 30.0 Å². The van der Waals surface area contributed by atoms with E-state index < -0.39 is 0 Å². The molecule has 0 bridgehead atoms. The number of anilines is 2. The number of nitrogens with zero attached hydrogens (tertiary/aromatic N) is 3. The molecule has 0 spiro atoms. The molecule has 1 fully saturated rings. The molecule has 8 nitrogen and oxygen atoms in total. The van der Waals surface area contributed by atoms with Crippen LogP contribution in [-0.2, 0) is 17.7 Å². The number of benzene rings is 2. The van der Waals surface area contributed by atoms with Crippen LogP contribution in [0.3, 0.4) is 0 Å². The van der Waals surface area contributed by atoms with Crippen molar-refractivity contribution in [2.75, 3.05) is 63.9 Å². The van der Waals surface area contributed by atoms with Crippen LogP contribution in [0, 0.1) is 0 Å². The van der Waals surface area contributed by atoms with Gasteiger partial charge in [-0.05, 0) is 30.2 Å². The van der Waals surface area contributed by atoms with Crippen LogP contribution in [0.4, 0.5) is 11.6 Å². The number of fused-ring (bicyclic) bond motifs is 2. The first-order valence-electron chi connectivity index (χ1n) is 11.5. The highest BCUT2D eigenvalue weighted by Crippen LogP contribution is 2.38. The number of ether oxygens (including phenoxy) is 2. The van der Waals surface area contributed by atoms with Crippen molar-refractivity contribution in [2.45, 2.75) is 13.0 Å². The first-order chi connectivity index (χ1) is 16.5. The maximum atomic E-state index is 13.2. The number of hydrogen-bond acceptors (Lipinski definition) is 7. The van der Waals surface area contributed by atoms with Crippen molar-refractivity contribution in [3.8, 4) is 5.75 Å². The number of amides is 1. The zero-order valence-electron chi connectivity index (χ0n) is 19.8. The van der Waals surface area contributed by atoms with Crippen molar-refractivity contribution in [3.05, 3.63) is 63.3 Å². The van der Waals surface area contributed by atoms with E-state index in [4.69, 9.17) is 13.9 Å². The van der Waals surface area contributed by atoms with E-state index in [9.17, 15) is 9.59 Å². The number of hydrogen-bond donors (Lipinski definition) is 0. The second kappa shape index (κ2) is 9.02. The Morgan fingerprint density at radius 1 is 1.12 bits per heavy atom. The number of methoxy groups -OCH3 is 1. The number of rotatable bonds is 5. The van der Waals surface area contributed by atoms with Gasteiger partial charge in [0.25, 0.3) is 5.91 Å². The van der Waals surface area contributed by atoms with E-state index in [-0.39, 0.29) is 11.3 Å². The third-order valence-corrected chi connectivity index (χ3v) is 6.50. The van der Waals surface area contributed by atoms with Crippen molar-refractivity contribution < 1.29 is 18.7 Å². The number of para-hydroxylation sites is 1. The molecule has 3 aromatic rings. The summed E-state index contributed by atoms with van der Waals surface area (Å²) in [5.41, 5.74) is 3.91. The Hall–Kier alpha value is -3.52. The van der Waals surface area contributed by atoms with Gasteiger partial charge in [0.1, 0.15) is 11.3 Å². The van der Waals surface area contributed by atoms with Gasteiger partial charge in [-0.25, -0.2) is 0 Å². The Labute approximate surface area is 198 Å². The molecule has 1 aromatic heterocycles. The summed E-state index contributed by atoms with van der Waals surface area (Å²) in [7, 11) is 5.08. The van der Waals surface area contributed by atoms with Crippen LogP contribution in [0.25, 0.3) is 11.0 Å². The Balaban J connectivity index is 1.64. The summed E-state index contributed by atoms with van der Waals surface area (Å²) in [6.07, 6.45) is 0.907. The number of morpholine rings is 1. The topological polar surface area (TPSA) is 75.5 Å². The highest BCUT2D eigenvalue weighted by molar-refractivity contribution is 5.98. The molecule has 8 heteroatoms. The molecule has 0 atom stereocenters. The van der Waals surface area contributed by atoms with Crippen molar-refractivity contribution in [3.63, 3.8) is 0 Å². The molecule has 5 rings (SSSR count). The van der Waals surface area contributed by atoms with Crippen LogP contribution in [0.2, 0.25) is 0 Å². The normalized spacial score (nSPS) is 15.5. The van der Waals surface area contributed by atoms with E-state index in [1.807, 2.05) is 23.1 Å². The van der Waals surface area contributed by atoms with Crippen LogP contribution in [0.1, 0.15) is 21.5 Å². The van der Waals surface area contributed by atoms with Gasteiger partial charge in [0.05, 0.1) is 31.4 Å². The lowest BCUT2D eigenvalue weighted by Crippen LogP contribution is -2.36. The minimum absolute atomic E-state index is 0.154. The van der Waals surface area contributed by atoms with Gasteiger partial charge < -0.3 is 28.6 Å². The molecule has 0 radical (unpaired) electrons. The van der Waals surface area contributed by atoms with Gasteiger partial charge in [-0.15, -0.1) is 0 Å². The Morgan fingerprint density at radius 2 is 1.91 bits per heavy atom. The van der Waals surface area contributed by atoms with Gasteiger partial charge in [0, 0.05) is 57.5 Å². The lowest BCUT2D eigenvalue weighted by atomic mass is 10.0. The van der Waals surface area contributed by atoms with Gasteiger partial charge in [0.2, 0.25) is 0 Å². The van der Waals surface area contributed by atoms with Crippen LogP contribution >= 0.6 is 0 Å². The highest BCUT2D eigenvalue weighted by Gasteiger charge is 2.26. The van der Waals surface area contributed by atoms with E-state index in [2.05, 4.69) is 11.0 Å². The SMILES string of the molecule is COc1cccc2c1N(Cc1cc(C(=O)N(C)C)cc3c(=O)cc(N4CCOCC4)oc13)CC2. The Kier molecular flexibility index (Phi) is 5.91. The maximum absolute atomic E-state index is 13.2. The summed E-state index contributed by atoms with van der Waals surface area (Å²) in [4.78, 5) is 31.8. The second-order valence-electron chi connectivity index (χ2n) is 8.90. The standard InChI is InChI=1S/C26H29N3O5/c1-27(2)26(31)18-13-19(16-29-8-7-17-5-4-6-22(32-3)24(17)29)25-20(14-18)21(30)15-23(34-25)28-9-11-33-12-10-28/h4-6,13-15H,7-12,16H2,1-3H3. The fourth-order valence-corrected chi connectivity index (χ4v) is 4.78. The summed E-state index contributed by atoms with van der Waals surface area (Å²) >= 11 is 0. The molecular weight excluding hydrogens is 434 g/mol. The quantitative estimate of drug-likeness (QED) is 0.576. The molecule has 2 aromatic carbocycles. The van der Waals surface area contributed by atoms with Crippen molar-refractivity contribution in [1.82, 2.24) is 4.90 Å². The summed E-state index contributed by atoms with van der Waals surface area (Å²) < 4.78 is 17.4. The smallest absolute Gasteiger partial charge is 0.253 e. The summed E-state index contributed by atoms with van der Waals surface area (Å²) in [5, 5.41) is 0.416. The molecule has 2 aliphatic rings. The molecular formula is C26H29N3O5. The summed E-state index contributed by atoms with van der Waals surface area (Å²) in [5.74, 6) is 1.20. The predicted octanol–water partition coefficient (Wildman–Crippen LogP) is 2.90. The van der Waals surface area contributed by atoms with Gasteiger partial charge in [0.15, 0.2) is 11.3 Å². The lowest BCUT2D eigenvalue weighted by molar-refractivity contribution is 0.0827. The zero-order chi connectivity index (χ0) is 23.8. The fraction of sp³-hybridized carbons (Fsp3) is 0.385. The lowest BCUT2D eigenvalue weighted by Gasteiger charge is -2.27. The fourth-order valence-electron chi connectivity index (χ4n) is 4.78. The molecule has 1 amide bonds. The van der Waals surface area contributed by atoms with Gasteiger partial charge in [-0.2, -0.15) is 0 Å². The molecule has 1 saturated heterocycles. The molecule has 0 aliphatic carbocycles. The van der Waals surface area contributed by atoms with E-state index in [1.165, 1.54) is 16.5 Å². The second-order valence-corrected chi connectivity index (χ2v) is 8.90. The molecule has 3 heterocycles. The van der Waals surface area contributed by atoms with E-state index in [0.29, 0.717) is 55.3 Å². The first kappa shape index (κ1) is 22.3. The monoisotopic (exact) mass is 463 g/mol. The average Bonchev–Trinajstić information content (AvgIpc) is 3.27. The molecule has 0 N–H and O–H groups in total. The van der Waals surface area contributed by atoms with Gasteiger partial charge in [-0.1, -0.05) is 12.1 Å². The summed E-state index contributed by atoms with van der Waals surface area (Å²) in [6.45, 7) is 3.82. The van der Waals surface area contributed by atoms with Gasteiger partial charge in [-0.3, -0.25) is 9.59 Å². The third kappa shape index (κ3) is 3.98. The van der Waals surface area contributed by atoms with Crippen LogP contribution < -0.4 is 20.0 Å². The minimum atomic E-state index is -0.156. The third-order valence-electron chi connectivity index (χ3n) is 6.50. The Bertz CT molecular complexity index is 1290. The molecule has 2 aliphatic heterocycles. The van der Waals surface area contributed by atoms with Crippen LogP contribution in [-0.4, -0.2) is 64.9 Å². The van der Waals surface area contributed by atoms with Crippen molar-refractivity contribution in [2.24, 2.45) is 0 Å². The zero-order valence-corrected chi connectivity index (χ0v) is 19.8. The van der Waals surface area contributed by atoms with Crippen molar-refractivity contribution >= 4 is 28.4 Å². The molecule has 0 saturated carbocycles. The predicted molar refractivity (Wildman–Crippen MR) is 131 cm³/mol. The first-order valence-corrected chi connectivity index (χ1v) is 11.5.